The molecular weight excluding hydrogens is 426 g/mol. The van der Waals surface area contributed by atoms with Gasteiger partial charge < -0.3 is 9.47 Å². The average molecular weight is 456 g/mol. The number of amides is 1. The number of aryl methyl sites for hydroxylation is 1. The van der Waals surface area contributed by atoms with Crippen LogP contribution in [0.2, 0.25) is 0 Å². The molecule has 1 aromatic heterocycles. The van der Waals surface area contributed by atoms with Gasteiger partial charge in [-0.1, -0.05) is 49.1 Å². The zero-order valence-corrected chi connectivity index (χ0v) is 20.2. The number of aromatic nitrogens is 1. The molecule has 0 atom stereocenters. The lowest BCUT2D eigenvalue weighted by atomic mass is 9.97. The van der Waals surface area contributed by atoms with E-state index in [4.69, 9.17) is 12.2 Å². The summed E-state index contributed by atoms with van der Waals surface area (Å²) in [6, 6.07) is 8.09. The van der Waals surface area contributed by atoms with E-state index >= 15 is 0 Å². The van der Waals surface area contributed by atoms with Gasteiger partial charge in [0.25, 0.3) is 11.5 Å². The van der Waals surface area contributed by atoms with Gasteiger partial charge in [-0.25, -0.2) is 0 Å². The molecule has 2 aromatic rings. The smallest absolute Gasteiger partial charge is 0.266 e. The van der Waals surface area contributed by atoms with E-state index in [2.05, 4.69) is 17.9 Å². The molecule has 164 valence electrons. The van der Waals surface area contributed by atoms with Crippen molar-refractivity contribution in [2.24, 2.45) is 5.92 Å². The second-order valence-corrected chi connectivity index (χ2v) is 10.3. The third kappa shape index (κ3) is 3.94. The molecular formula is C24H29N3O2S2. The molecule has 1 aromatic carbocycles. The summed E-state index contributed by atoms with van der Waals surface area (Å²) in [5, 5.41) is 1.06. The highest BCUT2D eigenvalue weighted by atomic mass is 32.2. The van der Waals surface area contributed by atoms with E-state index < -0.39 is 0 Å². The number of piperidine rings is 1. The molecule has 0 aliphatic carbocycles. The number of anilines is 1. The summed E-state index contributed by atoms with van der Waals surface area (Å²) in [5.74, 6) is 0.572. The zero-order valence-electron chi connectivity index (χ0n) is 18.6. The fourth-order valence-electron chi connectivity index (χ4n) is 4.48. The van der Waals surface area contributed by atoms with Crippen LogP contribution >= 0.6 is 24.0 Å². The van der Waals surface area contributed by atoms with Crippen LogP contribution in [0, 0.1) is 5.92 Å². The first-order valence-electron chi connectivity index (χ1n) is 11.0. The fourth-order valence-corrected chi connectivity index (χ4v) is 5.99. The quantitative estimate of drug-likeness (QED) is 0.486. The first-order chi connectivity index (χ1) is 14.8. The first-order valence-corrected chi connectivity index (χ1v) is 12.2. The number of thioether (sulfide) groups is 1. The maximum Gasteiger partial charge on any atom is 0.266 e. The summed E-state index contributed by atoms with van der Waals surface area (Å²) < 4.78 is 2.36. The van der Waals surface area contributed by atoms with Crippen molar-refractivity contribution in [3.8, 4) is 0 Å². The summed E-state index contributed by atoms with van der Waals surface area (Å²) in [5.41, 5.74) is 2.44. The fraction of sp³-hybridized carbons (Fsp3) is 0.458. The molecule has 3 heterocycles. The van der Waals surface area contributed by atoms with Gasteiger partial charge in [-0.3, -0.25) is 14.5 Å². The van der Waals surface area contributed by atoms with Crippen molar-refractivity contribution >= 4 is 56.9 Å². The van der Waals surface area contributed by atoms with Crippen LogP contribution in [-0.2, 0) is 11.3 Å². The minimum atomic E-state index is -0.112. The summed E-state index contributed by atoms with van der Waals surface area (Å²) in [6.45, 7) is 10.6. The SMILES string of the molecule is CCn1c(=O)c(C=C2SC(=S)N(C(C)C)C2=O)c(N2CCC(C)CC2)c2ccccc21. The standard InChI is InChI=1S/C24H29N3O2S2/c1-5-26-19-9-7-6-8-17(19)21(25-12-10-16(4)11-13-25)18(22(26)28)14-20-23(29)27(15(2)3)24(30)31-20/h6-9,14-16H,5,10-13H2,1-4H3. The van der Waals surface area contributed by atoms with E-state index in [0.717, 1.165) is 42.5 Å². The Balaban J connectivity index is 1.95. The van der Waals surface area contributed by atoms with Crippen molar-refractivity contribution in [2.45, 2.75) is 53.1 Å². The van der Waals surface area contributed by atoms with Crippen LogP contribution in [0.25, 0.3) is 17.0 Å². The Labute approximate surface area is 193 Å². The van der Waals surface area contributed by atoms with Crippen LogP contribution in [0.3, 0.4) is 0 Å². The first kappa shape index (κ1) is 22.1. The minimum Gasteiger partial charge on any atom is -0.370 e. The van der Waals surface area contributed by atoms with E-state index in [1.165, 1.54) is 11.8 Å². The molecule has 7 heteroatoms. The molecule has 0 N–H and O–H groups in total. The van der Waals surface area contributed by atoms with Gasteiger partial charge in [-0.2, -0.15) is 0 Å². The topological polar surface area (TPSA) is 45.6 Å². The van der Waals surface area contributed by atoms with Crippen LogP contribution in [0.5, 0.6) is 0 Å². The normalized spacial score (nSPS) is 19.5. The number of para-hydroxylation sites is 1. The number of carbonyl (C=O) groups is 1. The van der Waals surface area contributed by atoms with E-state index in [1.54, 1.807) is 15.5 Å². The second kappa shape index (κ2) is 8.79. The number of rotatable bonds is 4. The number of carbonyl (C=O) groups excluding carboxylic acids is 1. The van der Waals surface area contributed by atoms with Gasteiger partial charge in [0.1, 0.15) is 4.32 Å². The molecule has 31 heavy (non-hydrogen) atoms. The highest BCUT2D eigenvalue weighted by Crippen LogP contribution is 2.37. The Morgan fingerprint density at radius 1 is 1.19 bits per heavy atom. The van der Waals surface area contributed by atoms with Gasteiger partial charge in [0.2, 0.25) is 0 Å². The molecule has 2 aliphatic heterocycles. The number of fused-ring (bicyclic) bond motifs is 1. The second-order valence-electron chi connectivity index (χ2n) is 8.64. The molecule has 4 rings (SSSR count). The van der Waals surface area contributed by atoms with E-state index in [-0.39, 0.29) is 17.5 Å². The van der Waals surface area contributed by atoms with Gasteiger partial charge >= 0.3 is 0 Å². The molecule has 1 amide bonds. The highest BCUT2D eigenvalue weighted by Gasteiger charge is 2.34. The van der Waals surface area contributed by atoms with Gasteiger partial charge in [0, 0.05) is 31.1 Å². The third-order valence-corrected chi connectivity index (χ3v) is 7.54. The number of thiocarbonyl (C=S) groups is 1. The van der Waals surface area contributed by atoms with E-state index in [0.29, 0.717) is 27.3 Å². The lowest BCUT2D eigenvalue weighted by Gasteiger charge is -2.34. The molecule has 5 nitrogen and oxygen atoms in total. The summed E-state index contributed by atoms with van der Waals surface area (Å²) in [4.78, 5) is 31.2. The Bertz CT molecular complexity index is 1130. The van der Waals surface area contributed by atoms with Crippen molar-refractivity contribution in [2.75, 3.05) is 18.0 Å². The molecule has 2 aliphatic rings. The molecule has 2 saturated heterocycles. The Morgan fingerprint density at radius 2 is 1.87 bits per heavy atom. The highest BCUT2D eigenvalue weighted by molar-refractivity contribution is 8.26. The molecule has 2 fully saturated rings. The molecule has 0 unspecified atom stereocenters. The van der Waals surface area contributed by atoms with Crippen LogP contribution in [-0.4, -0.2) is 38.8 Å². The number of hydrogen-bond acceptors (Lipinski definition) is 5. The Hall–Kier alpha value is -2.12. The summed E-state index contributed by atoms with van der Waals surface area (Å²) in [7, 11) is 0. The average Bonchev–Trinajstić information content (AvgIpc) is 3.02. The lowest BCUT2D eigenvalue weighted by Crippen LogP contribution is -2.36. The monoisotopic (exact) mass is 455 g/mol. The van der Waals surface area contributed by atoms with Gasteiger partial charge in [-0.15, -0.1) is 0 Å². The van der Waals surface area contributed by atoms with Crippen LogP contribution in [0.4, 0.5) is 5.69 Å². The Kier molecular flexibility index (Phi) is 6.26. The van der Waals surface area contributed by atoms with Crippen LogP contribution in [0.15, 0.2) is 34.0 Å². The van der Waals surface area contributed by atoms with Gasteiger partial charge in [-0.05, 0) is 51.7 Å². The van der Waals surface area contributed by atoms with Crippen molar-refractivity contribution in [1.82, 2.24) is 9.47 Å². The van der Waals surface area contributed by atoms with Gasteiger partial charge in [0.15, 0.2) is 0 Å². The zero-order chi connectivity index (χ0) is 22.3. The van der Waals surface area contributed by atoms with Crippen LogP contribution < -0.4 is 10.5 Å². The number of benzene rings is 1. The number of nitrogens with zero attached hydrogens (tertiary/aromatic N) is 3. The molecule has 0 saturated carbocycles. The lowest BCUT2D eigenvalue weighted by molar-refractivity contribution is -0.123. The van der Waals surface area contributed by atoms with Crippen LogP contribution in [0.1, 0.15) is 46.1 Å². The number of hydrogen-bond donors (Lipinski definition) is 0. The third-order valence-electron chi connectivity index (χ3n) is 6.21. The number of pyridine rings is 1. The molecule has 0 bridgehead atoms. The predicted octanol–water partition coefficient (Wildman–Crippen LogP) is 4.87. The van der Waals surface area contributed by atoms with Crippen molar-refractivity contribution < 1.29 is 4.79 Å². The van der Waals surface area contributed by atoms with E-state index in [9.17, 15) is 9.59 Å². The van der Waals surface area contributed by atoms with E-state index in [1.807, 2.05) is 39.0 Å². The minimum absolute atomic E-state index is 0.00893. The van der Waals surface area contributed by atoms with Crippen molar-refractivity contribution in [3.63, 3.8) is 0 Å². The van der Waals surface area contributed by atoms with Crippen molar-refractivity contribution in [3.05, 3.63) is 45.1 Å². The molecule has 0 spiro atoms. The Morgan fingerprint density at radius 3 is 2.48 bits per heavy atom. The van der Waals surface area contributed by atoms with Gasteiger partial charge in [0.05, 0.1) is 21.7 Å². The maximum absolute atomic E-state index is 13.7. The molecule has 0 radical (unpaired) electrons. The predicted molar refractivity (Wildman–Crippen MR) is 135 cm³/mol. The summed E-state index contributed by atoms with van der Waals surface area (Å²) >= 11 is 6.74. The maximum atomic E-state index is 13.7. The summed E-state index contributed by atoms with van der Waals surface area (Å²) in [6.07, 6.45) is 3.98. The largest absolute Gasteiger partial charge is 0.370 e. The van der Waals surface area contributed by atoms with Crippen molar-refractivity contribution in [1.29, 1.82) is 0 Å².